The number of benzene rings is 1. The van der Waals surface area contributed by atoms with E-state index in [1.807, 2.05) is 6.92 Å². The minimum Gasteiger partial charge on any atom is -0.507 e. The summed E-state index contributed by atoms with van der Waals surface area (Å²) in [5.74, 6) is -1.84. The Morgan fingerprint density at radius 1 is 1.47 bits per heavy atom. The molecule has 0 aliphatic carbocycles. The number of aromatic hydroxyl groups is 1. The van der Waals surface area contributed by atoms with Crippen molar-refractivity contribution < 1.29 is 19.8 Å². The number of nitrogens with zero attached hydrogens (tertiary/aromatic N) is 1. The summed E-state index contributed by atoms with van der Waals surface area (Å²) in [6.45, 7) is 2.42. The number of nitrogens with one attached hydrogen (secondary N) is 2. The van der Waals surface area contributed by atoms with E-state index in [1.54, 1.807) is 0 Å². The van der Waals surface area contributed by atoms with Crippen molar-refractivity contribution in [3.8, 4) is 5.75 Å². The molecule has 100 valence electrons. The minimum atomic E-state index is -1.27. The molecular weight excluding hydrogens is 250 g/mol. The van der Waals surface area contributed by atoms with Crippen LogP contribution in [0.25, 0.3) is 0 Å². The Kier molecular flexibility index (Phi) is 3.37. The molecule has 0 aromatic heterocycles. The Morgan fingerprint density at radius 3 is 2.79 bits per heavy atom. The van der Waals surface area contributed by atoms with E-state index in [4.69, 9.17) is 5.11 Å². The van der Waals surface area contributed by atoms with Crippen molar-refractivity contribution in [3.63, 3.8) is 0 Å². The van der Waals surface area contributed by atoms with Crippen LogP contribution >= 0.6 is 0 Å². The lowest BCUT2D eigenvalue weighted by molar-refractivity contribution is -0.110. The highest BCUT2D eigenvalue weighted by Crippen LogP contribution is 2.21. The molecule has 0 radical (unpaired) electrons. The van der Waals surface area contributed by atoms with E-state index < -0.39 is 11.9 Å². The van der Waals surface area contributed by atoms with E-state index in [0.717, 1.165) is 0 Å². The molecule has 1 atom stereocenters. The van der Waals surface area contributed by atoms with Crippen molar-refractivity contribution in [3.05, 3.63) is 23.8 Å². The maximum absolute atomic E-state index is 11.8. The Labute approximate surface area is 109 Å². The van der Waals surface area contributed by atoms with Crippen molar-refractivity contribution in [2.45, 2.75) is 13.0 Å². The maximum atomic E-state index is 11.8. The van der Waals surface area contributed by atoms with Crippen molar-refractivity contribution in [1.82, 2.24) is 5.32 Å². The molecule has 0 bridgehead atoms. The zero-order chi connectivity index (χ0) is 14.0. The number of phenols is 1. The SMILES string of the molecule is CC1CN=C(C(=O)Nc2ccc(O)c(C(=O)O)c2)N1. The van der Waals surface area contributed by atoms with Crippen LogP contribution < -0.4 is 10.6 Å². The third kappa shape index (κ3) is 2.82. The number of carbonyl (C=O) groups excluding carboxylic acids is 1. The molecule has 1 unspecified atom stereocenters. The fourth-order valence-electron chi connectivity index (χ4n) is 1.67. The Bertz CT molecular complexity index is 568. The summed E-state index contributed by atoms with van der Waals surface area (Å²) >= 11 is 0. The summed E-state index contributed by atoms with van der Waals surface area (Å²) in [7, 11) is 0. The number of anilines is 1. The number of rotatable bonds is 3. The average molecular weight is 263 g/mol. The first kappa shape index (κ1) is 12.9. The van der Waals surface area contributed by atoms with Crippen LogP contribution in [0.3, 0.4) is 0 Å². The van der Waals surface area contributed by atoms with Crippen molar-refractivity contribution in [1.29, 1.82) is 0 Å². The Morgan fingerprint density at radius 2 is 2.21 bits per heavy atom. The van der Waals surface area contributed by atoms with Crippen LogP contribution in [0.1, 0.15) is 17.3 Å². The van der Waals surface area contributed by atoms with Crippen LogP contribution in [0.5, 0.6) is 5.75 Å². The van der Waals surface area contributed by atoms with Gasteiger partial charge in [0.25, 0.3) is 5.91 Å². The van der Waals surface area contributed by atoms with Gasteiger partial charge in [0.15, 0.2) is 5.84 Å². The number of carboxylic acids is 1. The normalized spacial score (nSPS) is 17.5. The number of hydrogen-bond acceptors (Lipinski definition) is 5. The number of aliphatic imine (C=N–C) groups is 1. The molecule has 7 nitrogen and oxygen atoms in total. The monoisotopic (exact) mass is 263 g/mol. The van der Waals surface area contributed by atoms with Gasteiger partial charge in [-0.1, -0.05) is 0 Å². The van der Waals surface area contributed by atoms with Gasteiger partial charge in [-0.3, -0.25) is 9.79 Å². The third-order valence-electron chi connectivity index (χ3n) is 2.61. The number of hydrogen-bond donors (Lipinski definition) is 4. The number of amidine groups is 1. The van der Waals surface area contributed by atoms with E-state index in [2.05, 4.69) is 15.6 Å². The summed E-state index contributed by atoms with van der Waals surface area (Å²) in [5, 5.41) is 23.6. The molecule has 19 heavy (non-hydrogen) atoms. The highest BCUT2D eigenvalue weighted by Gasteiger charge is 2.20. The van der Waals surface area contributed by atoms with Crippen molar-refractivity contribution in [2.75, 3.05) is 11.9 Å². The van der Waals surface area contributed by atoms with Crippen LogP contribution in [0.2, 0.25) is 0 Å². The zero-order valence-corrected chi connectivity index (χ0v) is 10.2. The van der Waals surface area contributed by atoms with Crippen LogP contribution in [-0.2, 0) is 4.79 Å². The first-order chi connectivity index (χ1) is 8.97. The van der Waals surface area contributed by atoms with E-state index in [-0.39, 0.29) is 28.9 Å². The van der Waals surface area contributed by atoms with Gasteiger partial charge >= 0.3 is 5.97 Å². The molecular formula is C12H13N3O4. The molecule has 1 aliphatic heterocycles. The van der Waals surface area contributed by atoms with E-state index >= 15 is 0 Å². The molecule has 2 rings (SSSR count). The van der Waals surface area contributed by atoms with Gasteiger partial charge in [-0.15, -0.1) is 0 Å². The second-order valence-corrected chi connectivity index (χ2v) is 4.23. The van der Waals surface area contributed by atoms with E-state index in [1.165, 1.54) is 18.2 Å². The predicted octanol–water partition coefficient (Wildman–Crippen LogP) is 0.419. The smallest absolute Gasteiger partial charge is 0.339 e. The van der Waals surface area contributed by atoms with Gasteiger partial charge < -0.3 is 20.8 Å². The topological polar surface area (TPSA) is 111 Å². The minimum absolute atomic E-state index is 0.107. The van der Waals surface area contributed by atoms with Crippen molar-refractivity contribution in [2.24, 2.45) is 4.99 Å². The summed E-state index contributed by atoms with van der Waals surface area (Å²) in [4.78, 5) is 26.7. The molecule has 0 fully saturated rings. The maximum Gasteiger partial charge on any atom is 0.339 e. The van der Waals surface area contributed by atoms with Gasteiger partial charge in [0.1, 0.15) is 11.3 Å². The molecule has 7 heteroatoms. The largest absolute Gasteiger partial charge is 0.507 e. The Hall–Kier alpha value is -2.57. The highest BCUT2D eigenvalue weighted by molar-refractivity contribution is 6.42. The van der Waals surface area contributed by atoms with Crippen LogP contribution in [0.15, 0.2) is 23.2 Å². The van der Waals surface area contributed by atoms with Crippen LogP contribution in [-0.4, -0.2) is 40.5 Å². The molecule has 1 aromatic rings. The molecule has 0 spiro atoms. The fourth-order valence-corrected chi connectivity index (χ4v) is 1.67. The van der Waals surface area contributed by atoms with Gasteiger partial charge in [0.05, 0.1) is 6.54 Å². The first-order valence-corrected chi connectivity index (χ1v) is 5.66. The van der Waals surface area contributed by atoms with Gasteiger partial charge in [-0.2, -0.15) is 0 Å². The molecule has 1 heterocycles. The van der Waals surface area contributed by atoms with E-state index in [0.29, 0.717) is 6.54 Å². The second kappa shape index (κ2) is 4.97. The van der Waals surface area contributed by atoms with Crippen LogP contribution in [0, 0.1) is 0 Å². The summed E-state index contributed by atoms with van der Waals surface area (Å²) in [6, 6.07) is 3.92. The quantitative estimate of drug-likeness (QED) is 0.590. The zero-order valence-electron chi connectivity index (χ0n) is 10.2. The standard InChI is InChI=1S/C12H13N3O4/c1-6-5-13-10(14-6)11(17)15-7-2-3-9(16)8(4-7)12(18)19/h2-4,6,16H,5H2,1H3,(H,13,14)(H,15,17)(H,18,19). The van der Waals surface area contributed by atoms with E-state index in [9.17, 15) is 14.7 Å². The predicted molar refractivity (Wildman–Crippen MR) is 68.6 cm³/mol. The van der Waals surface area contributed by atoms with Gasteiger partial charge in [0, 0.05) is 11.7 Å². The summed E-state index contributed by atoms with van der Waals surface area (Å²) in [5.41, 5.74) is 0.0109. The van der Waals surface area contributed by atoms with Crippen LogP contribution in [0.4, 0.5) is 5.69 Å². The molecule has 0 saturated carbocycles. The summed E-state index contributed by atoms with van der Waals surface area (Å²) < 4.78 is 0. The first-order valence-electron chi connectivity index (χ1n) is 5.66. The number of aromatic carboxylic acids is 1. The van der Waals surface area contributed by atoms with Crippen molar-refractivity contribution >= 4 is 23.4 Å². The van der Waals surface area contributed by atoms with Gasteiger partial charge in [-0.25, -0.2) is 4.79 Å². The lowest BCUT2D eigenvalue weighted by Crippen LogP contribution is -2.36. The average Bonchev–Trinajstić information content (AvgIpc) is 2.78. The lowest BCUT2D eigenvalue weighted by atomic mass is 10.2. The third-order valence-corrected chi connectivity index (χ3v) is 2.61. The summed E-state index contributed by atoms with van der Waals surface area (Å²) in [6.07, 6.45) is 0. The fraction of sp³-hybridized carbons (Fsp3) is 0.250. The molecule has 1 amide bonds. The van der Waals surface area contributed by atoms with Gasteiger partial charge in [0.2, 0.25) is 0 Å². The molecule has 1 aliphatic rings. The lowest BCUT2D eigenvalue weighted by Gasteiger charge is -2.08. The highest BCUT2D eigenvalue weighted by atomic mass is 16.4. The Balaban J connectivity index is 2.13. The number of carboxylic acid groups (broad SMARTS) is 1. The van der Waals surface area contributed by atoms with Gasteiger partial charge in [-0.05, 0) is 25.1 Å². The number of amides is 1. The molecule has 4 N–H and O–H groups in total. The molecule has 1 aromatic carbocycles. The number of carbonyl (C=O) groups is 2. The second-order valence-electron chi connectivity index (χ2n) is 4.23. The molecule has 0 saturated heterocycles.